The van der Waals surface area contributed by atoms with Gasteiger partial charge >= 0.3 is 0 Å². The molecule has 0 bridgehead atoms. The Balaban J connectivity index is 2.31. The zero-order valence-electron chi connectivity index (χ0n) is 9.95. The van der Waals surface area contributed by atoms with Crippen molar-refractivity contribution in [2.45, 2.75) is 20.0 Å². The molecule has 1 unspecified atom stereocenters. The van der Waals surface area contributed by atoms with E-state index in [1.807, 2.05) is 13.8 Å². The summed E-state index contributed by atoms with van der Waals surface area (Å²) >= 11 is 7.51. The predicted molar refractivity (Wildman–Crippen MR) is 72.1 cm³/mol. The fourth-order valence-corrected chi connectivity index (χ4v) is 2.57. The molecule has 0 aliphatic rings. The minimum Gasteiger partial charge on any atom is -0.380 e. The fourth-order valence-electron chi connectivity index (χ4n) is 1.47. The second kappa shape index (κ2) is 5.16. The SMILES string of the molecule is COC(C)CNc1nc(Cl)nc2sc(C)cc12. The molecule has 0 amide bonds. The van der Waals surface area contributed by atoms with Crippen molar-refractivity contribution >= 4 is 39.0 Å². The van der Waals surface area contributed by atoms with Gasteiger partial charge in [-0.1, -0.05) is 0 Å². The number of methoxy groups -OCH3 is 1. The van der Waals surface area contributed by atoms with E-state index in [1.54, 1.807) is 18.4 Å². The van der Waals surface area contributed by atoms with Gasteiger partial charge in [0.05, 0.1) is 11.5 Å². The molecule has 0 aliphatic carbocycles. The van der Waals surface area contributed by atoms with Crippen molar-refractivity contribution in [3.63, 3.8) is 0 Å². The molecule has 0 saturated carbocycles. The Hall–Kier alpha value is -0.910. The van der Waals surface area contributed by atoms with E-state index >= 15 is 0 Å². The maximum atomic E-state index is 5.90. The summed E-state index contributed by atoms with van der Waals surface area (Å²) in [6.07, 6.45) is 0.124. The molecular formula is C11H14ClN3OS. The van der Waals surface area contributed by atoms with Crippen LogP contribution in [0.4, 0.5) is 5.82 Å². The van der Waals surface area contributed by atoms with Crippen LogP contribution in [0.1, 0.15) is 11.8 Å². The van der Waals surface area contributed by atoms with Gasteiger partial charge in [-0.05, 0) is 31.5 Å². The summed E-state index contributed by atoms with van der Waals surface area (Å²) in [5.41, 5.74) is 0. The van der Waals surface area contributed by atoms with Crippen LogP contribution < -0.4 is 5.32 Å². The van der Waals surface area contributed by atoms with Gasteiger partial charge in [0.1, 0.15) is 10.6 Å². The molecule has 2 heterocycles. The average Bonchev–Trinajstić information content (AvgIpc) is 2.65. The van der Waals surface area contributed by atoms with Gasteiger partial charge in [0.15, 0.2) is 0 Å². The third kappa shape index (κ3) is 2.86. The largest absolute Gasteiger partial charge is 0.380 e. The topological polar surface area (TPSA) is 47.0 Å². The number of aromatic nitrogens is 2. The van der Waals surface area contributed by atoms with Crippen LogP contribution in [0.15, 0.2) is 6.07 Å². The van der Waals surface area contributed by atoms with Crippen molar-refractivity contribution in [3.8, 4) is 0 Å². The number of hydrogen-bond acceptors (Lipinski definition) is 5. The number of aryl methyl sites for hydroxylation is 1. The first-order chi connectivity index (χ1) is 8.10. The number of anilines is 1. The number of ether oxygens (including phenoxy) is 1. The molecule has 1 atom stereocenters. The summed E-state index contributed by atoms with van der Waals surface area (Å²) in [5, 5.41) is 4.52. The number of hydrogen-bond donors (Lipinski definition) is 1. The predicted octanol–water partition coefficient (Wildman–Crippen LogP) is 3.10. The Bertz CT molecular complexity index is 529. The zero-order chi connectivity index (χ0) is 12.4. The Morgan fingerprint density at radius 2 is 2.29 bits per heavy atom. The minimum atomic E-state index is 0.124. The van der Waals surface area contributed by atoms with E-state index in [4.69, 9.17) is 16.3 Å². The summed E-state index contributed by atoms with van der Waals surface area (Å²) in [7, 11) is 1.68. The molecule has 6 heteroatoms. The van der Waals surface area contributed by atoms with Gasteiger partial charge in [-0.2, -0.15) is 0 Å². The van der Waals surface area contributed by atoms with Gasteiger partial charge in [0, 0.05) is 18.5 Å². The van der Waals surface area contributed by atoms with Crippen molar-refractivity contribution in [1.82, 2.24) is 9.97 Å². The normalized spacial score (nSPS) is 12.9. The maximum Gasteiger partial charge on any atom is 0.225 e. The molecule has 0 spiro atoms. The first kappa shape index (κ1) is 12.5. The molecule has 2 aromatic rings. The first-order valence-electron chi connectivity index (χ1n) is 5.30. The van der Waals surface area contributed by atoms with Gasteiger partial charge in [-0.3, -0.25) is 0 Å². The monoisotopic (exact) mass is 271 g/mol. The highest BCUT2D eigenvalue weighted by molar-refractivity contribution is 7.18. The lowest BCUT2D eigenvalue weighted by atomic mass is 10.3. The van der Waals surface area contributed by atoms with Gasteiger partial charge in [0.2, 0.25) is 5.28 Å². The molecule has 0 aliphatic heterocycles. The Morgan fingerprint density at radius 1 is 1.53 bits per heavy atom. The number of rotatable bonds is 4. The van der Waals surface area contributed by atoms with Gasteiger partial charge in [-0.15, -0.1) is 11.3 Å². The van der Waals surface area contributed by atoms with Gasteiger partial charge < -0.3 is 10.1 Å². The number of fused-ring (bicyclic) bond motifs is 1. The Kier molecular flexibility index (Phi) is 3.81. The number of halogens is 1. The average molecular weight is 272 g/mol. The summed E-state index contributed by atoms with van der Waals surface area (Å²) < 4.78 is 5.18. The van der Waals surface area contributed by atoms with E-state index < -0.39 is 0 Å². The number of nitrogens with one attached hydrogen (secondary N) is 1. The molecule has 92 valence electrons. The van der Waals surface area contributed by atoms with Crippen LogP contribution in [0.5, 0.6) is 0 Å². The van der Waals surface area contributed by atoms with Crippen LogP contribution in [0.2, 0.25) is 5.28 Å². The molecule has 0 fully saturated rings. The van der Waals surface area contributed by atoms with Crippen LogP contribution >= 0.6 is 22.9 Å². The van der Waals surface area contributed by atoms with E-state index in [1.165, 1.54) is 4.88 Å². The minimum absolute atomic E-state index is 0.124. The lowest BCUT2D eigenvalue weighted by molar-refractivity contribution is 0.128. The molecule has 2 rings (SSSR count). The third-order valence-electron chi connectivity index (χ3n) is 2.45. The van der Waals surface area contributed by atoms with E-state index in [9.17, 15) is 0 Å². The van der Waals surface area contributed by atoms with Gasteiger partial charge in [0.25, 0.3) is 0 Å². The maximum absolute atomic E-state index is 5.90. The van der Waals surface area contributed by atoms with Gasteiger partial charge in [-0.25, -0.2) is 9.97 Å². The molecule has 17 heavy (non-hydrogen) atoms. The van der Waals surface area contributed by atoms with E-state index in [-0.39, 0.29) is 11.4 Å². The Morgan fingerprint density at radius 3 is 3.00 bits per heavy atom. The summed E-state index contributed by atoms with van der Waals surface area (Å²) in [6, 6.07) is 2.07. The van der Waals surface area contributed by atoms with Crippen LogP contribution in [-0.4, -0.2) is 29.7 Å². The molecule has 0 radical (unpaired) electrons. The fraction of sp³-hybridized carbons (Fsp3) is 0.455. The van der Waals surface area contributed by atoms with E-state index in [2.05, 4.69) is 21.4 Å². The summed E-state index contributed by atoms with van der Waals surface area (Å²) in [4.78, 5) is 10.5. The van der Waals surface area contributed by atoms with Crippen LogP contribution in [-0.2, 0) is 4.74 Å². The second-order valence-electron chi connectivity index (χ2n) is 3.84. The molecule has 2 aromatic heterocycles. The first-order valence-corrected chi connectivity index (χ1v) is 6.50. The molecule has 4 nitrogen and oxygen atoms in total. The molecule has 0 aromatic carbocycles. The quantitative estimate of drug-likeness (QED) is 0.868. The van der Waals surface area contributed by atoms with E-state index in [0.717, 1.165) is 16.0 Å². The molecular weight excluding hydrogens is 258 g/mol. The smallest absolute Gasteiger partial charge is 0.225 e. The lowest BCUT2D eigenvalue weighted by Crippen LogP contribution is -2.18. The third-order valence-corrected chi connectivity index (χ3v) is 3.56. The summed E-state index contributed by atoms with van der Waals surface area (Å²) in [6.45, 7) is 4.72. The molecule has 1 N–H and O–H groups in total. The van der Waals surface area contributed by atoms with Crippen molar-refractivity contribution in [1.29, 1.82) is 0 Å². The zero-order valence-corrected chi connectivity index (χ0v) is 11.5. The number of thiophene rings is 1. The summed E-state index contributed by atoms with van der Waals surface area (Å²) in [5.74, 6) is 0.772. The standard InChI is InChI=1S/C11H14ClN3OS/c1-6(16-3)5-13-9-8-4-7(2)17-10(8)15-11(12)14-9/h4,6H,5H2,1-3H3,(H,13,14,15). The van der Waals surface area contributed by atoms with Crippen molar-refractivity contribution < 1.29 is 4.74 Å². The van der Waals surface area contributed by atoms with E-state index in [0.29, 0.717) is 6.54 Å². The second-order valence-corrected chi connectivity index (χ2v) is 5.42. The Labute approximate surface area is 109 Å². The highest BCUT2D eigenvalue weighted by Gasteiger charge is 2.10. The lowest BCUT2D eigenvalue weighted by Gasteiger charge is -2.11. The molecule has 0 saturated heterocycles. The highest BCUT2D eigenvalue weighted by atomic mass is 35.5. The van der Waals surface area contributed by atoms with Crippen LogP contribution in [0.25, 0.3) is 10.2 Å². The van der Waals surface area contributed by atoms with Crippen LogP contribution in [0.3, 0.4) is 0 Å². The van der Waals surface area contributed by atoms with Crippen molar-refractivity contribution in [2.75, 3.05) is 19.0 Å². The van der Waals surface area contributed by atoms with Crippen LogP contribution in [0, 0.1) is 6.92 Å². The highest BCUT2D eigenvalue weighted by Crippen LogP contribution is 2.29. The number of nitrogens with zero attached hydrogens (tertiary/aromatic N) is 2. The van der Waals surface area contributed by atoms with Crippen molar-refractivity contribution in [2.24, 2.45) is 0 Å². The van der Waals surface area contributed by atoms with Crippen molar-refractivity contribution in [3.05, 3.63) is 16.2 Å².